The number of aromatic nitrogens is 2. The van der Waals surface area contributed by atoms with Crippen LogP contribution in [0.1, 0.15) is 29.9 Å². The molecule has 0 saturated heterocycles. The average molecular weight is 314 g/mol. The van der Waals surface area contributed by atoms with E-state index in [2.05, 4.69) is 27.9 Å². The molecule has 0 bridgehead atoms. The number of rotatable bonds is 4. The first kappa shape index (κ1) is 15.4. The highest BCUT2D eigenvalue weighted by molar-refractivity contribution is 5.88. The summed E-state index contributed by atoms with van der Waals surface area (Å²) in [5.74, 6) is 1.25. The summed E-state index contributed by atoms with van der Waals surface area (Å²) < 4.78 is 6.95. The summed E-state index contributed by atoms with van der Waals surface area (Å²) >= 11 is 0. The molecule has 1 aliphatic carbocycles. The number of hydrogen-bond donors (Lipinski definition) is 2. The quantitative estimate of drug-likeness (QED) is 0.911. The number of ether oxygens (including phenoxy) is 1. The summed E-state index contributed by atoms with van der Waals surface area (Å²) in [7, 11) is 3.50. The van der Waals surface area contributed by atoms with E-state index in [0.29, 0.717) is 18.2 Å². The van der Waals surface area contributed by atoms with E-state index >= 15 is 0 Å². The molecule has 0 aliphatic heterocycles. The first-order chi connectivity index (χ1) is 11.2. The van der Waals surface area contributed by atoms with Gasteiger partial charge in [-0.3, -0.25) is 4.68 Å². The minimum Gasteiger partial charge on any atom is -0.497 e. The molecule has 2 amide bonds. The average Bonchev–Trinajstić information content (AvgIpc) is 2.97. The van der Waals surface area contributed by atoms with E-state index in [-0.39, 0.29) is 6.03 Å². The van der Waals surface area contributed by atoms with Gasteiger partial charge in [0.05, 0.1) is 19.0 Å². The molecule has 2 aromatic rings. The zero-order chi connectivity index (χ0) is 16.2. The van der Waals surface area contributed by atoms with Crippen molar-refractivity contribution in [3.63, 3.8) is 0 Å². The Balaban J connectivity index is 1.60. The molecule has 0 fully saturated rings. The predicted octanol–water partition coefficient (Wildman–Crippen LogP) is 2.67. The number of amides is 2. The number of carbonyl (C=O) groups excluding carboxylic acids is 1. The van der Waals surface area contributed by atoms with Gasteiger partial charge in [0, 0.05) is 25.7 Å². The Morgan fingerprint density at radius 3 is 3.09 bits per heavy atom. The van der Waals surface area contributed by atoms with E-state index in [1.807, 2.05) is 13.1 Å². The zero-order valence-electron chi connectivity index (χ0n) is 13.5. The summed E-state index contributed by atoms with van der Waals surface area (Å²) in [4.78, 5) is 12.0. The van der Waals surface area contributed by atoms with E-state index in [0.717, 1.165) is 25.0 Å². The number of nitrogens with zero attached hydrogens (tertiary/aromatic N) is 2. The fraction of sp³-hybridized carbons (Fsp3) is 0.412. The van der Waals surface area contributed by atoms with E-state index in [9.17, 15) is 4.79 Å². The van der Waals surface area contributed by atoms with Crippen LogP contribution < -0.4 is 15.4 Å². The molecular weight excluding hydrogens is 292 g/mol. The third-order valence-electron chi connectivity index (χ3n) is 4.26. The second kappa shape index (κ2) is 6.73. The molecule has 0 spiro atoms. The lowest BCUT2D eigenvalue weighted by atomic mass is 9.82. The van der Waals surface area contributed by atoms with Crippen LogP contribution in [0.5, 0.6) is 5.75 Å². The number of urea groups is 1. The van der Waals surface area contributed by atoms with Gasteiger partial charge in [0.1, 0.15) is 5.75 Å². The van der Waals surface area contributed by atoms with Gasteiger partial charge in [-0.15, -0.1) is 0 Å². The molecule has 2 N–H and O–H groups in total. The normalized spacial score (nSPS) is 16.5. The number of hydrogen-bond acceptors (Lipinski definition) is 3. The largest absolute Gasteiger partial charge is 0.497 e. The summed E-state index contributed by atoms with van der Waals surface area (Å²) in [5, 5.41) is 9.78. The molecule has 1 aliphatic rings. The Labute approximate surface area is 135 Å². The van der Waals surface area contributed by atoms with Gasteiger partial charge >= 0.3 is 6.03 Å². The van der Waals surface area contributed by atoms with Crippen molar-refractivity contribution in [2.45, 2.75) is 25.2 Å². The van der Waals surface area contributed by atoms with Crippen LogP contribution in [0.3, 0.4) is 0 Å². The summed E-state index contributed by atoms with van der Waals surface area (Å²) in [5.41, 5.74) is 3.34. The van der Waals surface area contributed by atoms with Crippen LogP contribution in [0.25, 0.3) is 0 Å². The van der Waals surface area contributed by atoms with Gasteiger partial charge in [0.2, 0.25) is 0 Å². The first-order valence-electron chi connectivity index (χ1n) is 7.86. The Morgan fingerprint density at radius 1 is 1.48 bits per heavy atom. The fourth-order valence-electron chi connectivity index (χ4n) is 3.11. The lowest BCUT2D eigenvalue weighted by molar-refractivity contribution is 0.251. The number of nitrogens with one attached hydrogen (secondary N) is 2. The lowest BCUT2D eigenvalue weighted by Crippen LogP contribution is -2.33. The van der Waals surface area contributed by atoms with Gasteiger partial charge < -0.3 is 15.4 Å². The molecule has 0 radical (unpaired) electrons. The third kappa shape index (κ3) is 3.64. The molecule has 0 unspecified atom stereocenters. The van der Waals surface area contributed by atoms with Crippen LogP contribution >= 0.6 is 0 Å². The predicted molar refractivity (Wildman–Crippen MR) is 88.9 cm³/mol. The van der Waals surface area contributed by atoms with E-state index in [4.69, 9.17) is 4.74 Å². The topological polar surface area (TPSA) is 68.2 Å². The number of carbonyl (C=O) groups is 1. The summed E-state index contributed by atoms with van der Waals surface area (Å²) in [6, 6.07) is 6.03. The number of fused-ring (bicyclic) bond motifs is 1. The number of anilines is 1. The van der Waals surface area contributed by atoms with Crippen molar-refractivity contribution < 1.29 is 9.53 Å². The van der Waals surface area contributed by atoms with Crippen LogP contribution in [-0.4, -0.2) is 29.5 Å². The molecule has 6 heteroatoms. The van der Waals surface area contributed by atoms with Crippen molar-refractivity contribution in [1.82, 2.24) is 15.1 Å². The van der Waals surface area contributed by atoms with Crippen LogP contribution in [0.4, 0.5) is 10.5 Å². The SMILES string of the molecule is COc1ccc2c(c1)CCC[C@@H]2CNC(=O)Nc1cnn(C)c1. The minimum absolute atomic E-state index is 0.196. The van der Waals surface area contributed by atoms with E-state index < -0.39 is 0 Å². The number of methoxy groups -OCH3 is 1. The fourth-order valence-corrected chi connectivity index (χ4v) is 3.11. The van der Waals surface area contributed by atoms with Gasteiger partial charge in [-0.2, -0.15) is 5.10 Å². The van der Waals surface area contributed by atoms with Crippen LogP contribution in [-0.2, 0) is 13.5 Å². The molecule has 1 aromatic heterocycles. The molecule has 1 aromatic carbocycles. The highest BCUT2D eigenvalue weighted by atomic mass is 16.5. The van der Waals surface area contributed by atoms with Crippen molar-refractivity contribution in [3.8, 4) is 5.75 Å². The van der Waals surface area contributed by atoms with Crippen LogP contribution in [0.15, 0.2) is 30.6 Å². The van der Waals surface area contributed by atoms with Crippen LogP contribution in [0, 0.1) is 0 Å². The van der Waals surface area contributed by atoms with Gasteiger partial charge in [-0.25, -0.2) is 4.79 Å². The van der Waals surface area contributed by atoms with Crippen molar-refractivity contribution >= 4 is 11.7 Å². The minimum atomic E-state index is -0.196. The smallest absolute Gasteiger partial charge is 0.319 e. The maximum absolute atomic E-state index is 12.0. The standard InChI is InChI=1S/C17H22N4O2/c1-21-11-14(10-19-21)20-17(22)18-9-13-5-3-4-12-8-15(23-2)6-7-16(12)13/h6-8,10-11,13H,3-5,9H2,1-2H3,(H2,18,20,22)/t13-/m1/s1. The zero-order valence-corrected chi connectivity index (χ0v) is 13.5. The van der Waals surface area contributed by atoms with E-state index in [1.54, 1.807) is 24.2 Å². The molecule has 122 valence electrons. The lowest BCUT2D eigenvalue weighted by Gasteiger charge is -2.26. The highest BCUT2D eigenvalue weighted by Gasteiger charge is 2.21. The maximum Gasteiger partial charge on any atom is 0.319 e. The maximum atomic E-state index is 12.0. The molecule has 3 rings (SSSR count). The number of aryl methyl sites for hydroxylation is 2. The molecule has 6 nitrogen and oxygen atoms in total. The Morgan fingerprint density at radius 2 is 2.35 bits per heavy atom. The Kier molecular flexibility index (Phi) is 4.50. The highest BCUT2D eigenvalue weighted by Crippen LogP contribution is 2.33. The molecule has 1 atom stereocenters. The monoisotopic (exact) mass is 314 g/mol. The molecule has 1 heterocycles. The summed E-state index contributed by atoms with van der Waals surface area (Å²) in [6.07, 6.45) is 6.69. The Bertz CT molecular complexity index is 696. The molecular formula is C17H22N4O2. The van der Waals surface area contributed by atoms with Gasteiger partial charge in [-0.05, 0) is 42.5 Å². The van der Waals surface area contributed by atoms with Crippen molar-refractivity contribution in [2.24, 2.45) is 7.05 Å². The summed E-state index contributed by atoms with van der Waals surface area (Å²) in [6.45, 7) is 0.630. The van der Waals surface area contributed by atoms with E-state index in [1.165, 1.54) is 11.1 Å². The second-order valence-electron chi connectivity index (χ2n) is 5.89. The third-order valence-corrected chi connectivity index (χ3v) is 4.26. The molecule has 23 heavy (non-hydrogen) atoms. The van der Waals surface area contributed by atoms with Gasteiger partial charge in [0.15, 0.2) is 0 Å². The Hall–Kier alpha value is -2.50. The first-order valence-corrected chi connectivity index (χ1v) is 7.86. The second-order valence-corrected chi connectivity index (χ2v) is 5.89. The van der Waals surface area contributed by atoms with Gasteiger partial charge in [-0.1, -0.05) is 6.07 Å². The van der Waals surface area contributed by atoms with Crippen molar-refractivity contribution in [1.29, 1.82) is 0 Å². The van der Waals surface area contributed by atoms with Crippen molar-refractivity contribution in [3.05, 3.63) is 41.7 Å². The molecule has 0 saturated carbocycles. The van der Waals surface area contributed by atoms with Gasteiger partial charge in [0.25, 0.3) is 0 Å². The number of benzene rings is 1. The van der Waals surface area contributed by atoms with Crippen LogP contribution in [0.2, 0.25) is 0 Å². The van der Waals surface area contributed by atoms with Crippen molar-refractivity contribution in [2.75, 3.05) is 19.0 Å².